The van der Waals surface area contributed by atoms with E-state index in [-0.39, 0.29) is 0 Å². The van der Waals surface area contributed by atoms with E-state index in [1.165, 1.54) is 18.4 Å². The molecule has 0 amide bonds. The summed E-state index contributed by atoms with van der Waals surface area (Å²) < 4.78 is 5.53. The van der Waals surface area contributed by atoms with Crippen LogP contribution in [0, 0.1) is 12.8 Å². The standard InChI is InChI=1S/C18H18N2O/c1-12-19-16-11-15(9-10-17(16)21-12)20-18(14-7-8-14)13-5-3-2-4-6-13/h2-6,9-11,14,18,20H,7-8H2,1H3. The molecule has 1 aliphatic carbocycles. The number of rotatable bonds is 4. The van der Waals surface area contributed by atoms with Crippen molar-refractivity contribution >= 4 is 16.8 Å². The average Bonchev–Trinajstić information content (AvgIpc) is 3.27. The smallest absolute Gasteiger partial charge is 0.192 e. The van der Waals surface area contributed by atoms with Crippen molar-refractivity contribution in [3.8, 4) is 0 Å². The van der Waals surface area contributed by atoms with Gasteiger partial charge in [0.2, 0.25) is 0 Å². The highest BCUT2D eigenvalue weighted by Gasteiger charge is 2.32. The van der Waals surface area contributed by atoms with Gasteiger partial charge in [0.25, 0.3) is 0 Å². The second kappa shape index (κ2) is 4.92. The van der Waals surface area contributed by atoms with Gasteiger partial charge in [-0.1, -0.05) is 30.3 Å². The highest BCUT2D eigenvalue weighted by molar-refractivity contribution is 5.77. The minimum Gasteiger partial charge on any atom is -0.441 e. The maximum absolute atomic E-state index is 5.53. The van der Waals surface area contributed by atoms with Gasteiger partial charge in [-0.05, 0) is 42.5 Å². The van der Waals surface area contributed by atoms with Crippen molar-refractivity contribution in [1.29, 1.82) is 0 Å². The molecule has 0 radical (unpaired) electrons. The van der Waals surface area contributed by atoms with E-state index < -0.39 is 0 Å². The van der Waals surface area contributed by atoms with E-state index in [0.29, 0.717) is 11.9 Å². The number of fused-ring (bicyclic) bond motifs is 1. The van der Waals surface area contributed by atoms with Crippen molar-refractivity contribution < 1.29 is 4.42 Å². The molecule has 3 heteroatoms. The molecule has 1 heterocycles. The normalized spacial score (nSPS) is 16.0. The topological polar surface area (TPSA) is 38.1 Å². The Morgan fingerprint density at radius 1 is 1.14 bits per heavy atom. The maximum atomic E-state index is 5.53. The molecule has 1 saturated carbocycles. The Morgan fingerprint density at radius 3 is 2.71 bits per heavy atom. The lowest BCUT2D eigenvalue weighted by Gasteiger charge is -2.20. The van der Waals surface area contributed by atoms with Gasteiger partial charge in [-0.15, -0.1) is 0 Å². The van der Waals surface area contributed by atoms with E-state index in [2.05, 4.69) is 52.8 Å². The quantitative estimate of drug-likeness (QED) is 0.751. The number of aromatic nitrogens is 1. The number of aryl methyl sites for hydroxylation is 1. The maximum Gasteiger partial charge on any atom is 0.192 e. The molecule has 1 unspecified atom stereocenters. The van der Waals surface area contributed by atoms with E-state index >= 15 is 0 Å². The lowest BCUT2D eigenvalue weighted by molar-refractivity contribution is 0.561. The molecule has 1 N–H and O–H groups in total. The van der Waals surface area contributed by atoms with Crippen molar-refractivity contribution in [2.45, 2.75) is 25.8 Å². The third-order valence-electron chi connectivity index (χ3n) is 4.07. The van der Waals surface area contributed by atoms with Crippen LogP contribution in [0.5, 0.6) is 0 Å². The number of benzene rings is 2. The lowest BCUT2D eigenvalue weighted by Crippen LogP contribution is -2.12. The highest BCUT2D eigenvalue weighted by Crippen LogP contribution is 2.43. The molecule has 3 aromatic rings. The molecular weight excluding hydrogens is 260 g/mol. The summed E-state index contributed by atoms with van der Waals surface area (Å²) in [5, 5.41) is 3.68. The van der Waals surface area contributed by atoms with Gasteiger partial charge in [0.15, 0.2) is 11.5 Å². The summed E-state index contributed by atoms with van der Waals surface area (Å²) in [7, 11) is 0. The molecule has 4 rings (SSSR count). The SMILES string of the molecule is Cc1nc2cc(NC(c3ccccc3)C3CC3)ccc2o1. The van der Waals surface area contributed by atoms with Crippen molar-refractivity contribution in [2.24, 2.45) is 5.92 Å². The summed E-state index contributed by atoms with van der Waals surface area (Å²) in [6.07, 6.45) is 2.61. The number of oxazole rings is 1. The Bertz CT molecular complexity index is 759. The zero-order chi connectivity index (χ0) is 14.2. The van der Waals surface area contributed by atoms with Crippen LogP contribution in [0.3, 0.4) is 0 Å². The zero-order valence-corrected chi connectivity index (χ0v) is 12.0. The first-order chi connectivity index (χ1) is 10.3. The summed E-state index contributed by atoms with van der Waals surface area (Å²) in [6, 6.07) is 17.2. The van der Waals surface area contributed by atoms with Gasteiger partial charge in [-0.25, -0.2) is 4.98 Å². The fourth-order valence-corrected chi connectivity index (χ4v) is 2.88. The summed E-state index contributed by atoms with van der Waals surface area (Å²) in [5.74, 6) is 1.45. The summed E-state index contributed by atoms with van der Waals surface area (Å²) in [5.41, 5.74) is 4.23. The largest absolute Gasteiger partial charge is 0.441 e. The van der Waals surface area contributed by atoms with Crippen LogP contribution in [0.4, 0.5) is 5.69 Å². The fourth-order valence-electron chi connectivity index (χ4n) is 2.88. The van der Waals surface area contributed by atoms with E-state index in [4.69, 9.17) is 4.42 Å². The molecule has 0 bridgehead atoms. The number of anilines is 1. The molecule has 2 aromatic carbocycles. The third-order valence-corrected chi connectivity index (χ3v) is 4.07. The van der Waals surface area contributed by atoms with Crippen molar-refractivity contribution in [3.05, 3.63) is 60.0 Å². The first-order valence-electron chi connectivity index (χ1n) is 7.48. The van der Waals surface area contributed by atoms with E-state index in [9.17, 15) is 0 Å². The molecule has 106 valence electrons. The minimum absolute atomic E-state index is 0.386. The molecule has 1 fully saturated rings. The average molecular weight is 278 g/mol. The van der Waals surface area contributed by atoms with Crippen molar-refractivity contribution in [2.75, 3.05) is 5.32 Å². The Labute approximate surface area is 124 Å². The van der Waals surface area contributed by atoms with E-state index in [0.717, 1.165) is 22.7 Å². The van der Waals surface area contributed by atoms with Gasteiger partial charge in [0, 0.05) is 12.6 Å². The van der Waals surface area contributed by atoms with Gasteiger partial charge in [-0.2, -0.15) is 0 Å². The van der Waals surface area contributed by atoms with Crippen LogP contribution < -0.4 is 5.32 Å². The molecule has 0 saturated heterocycles. The van der Waals surface area contributed by atoms with Gasteiger partial charge < -0.3 is 9.73 Å². The molecule has 21 heavy (non-hydrogen) atoms. The van der Waals surface area contributed by atoms with Crippen LogP contribution >= 0.6 is 0 Å². The number of nitrogens with one attached hydrogen (secondary N) is 1. The Balaban J connectivity index is 1.64. The Kier molecular flexibility index (Phi) is 2.92. The summed E-state index contributed by atoms with van der Waals surface area (Å²) >= 11 is 0. The number of nitrogens with zero attached hydrogens (tertiary/aromatic N) is 1. The van der Waals surface area contributed by atoms with E-state index in [1.54, 1.807) is 0 Å². The second-order valence-corrected chi connectivity index (χ2v) is 5.79. The summed E-state index contributed by atoms with van der Waals surface area (Å²) in [4.78, 5) is 4.41. The Morgan fingerprint density at radius 2 is 1.95 bits per heavy atom. The molecular formula is C18H18N2O. The monoisotopic (exact) mass is 278 g/mol. The lowest BCUT2D eigenvalue weighted by atomic mass is 10.0. The van der Waals surface area contributed by atoms with Gasteiger partial charge in [0.1, 0.15) is 5.52 Å². The predicted molar refractivity (Wildman–Crippen MR) is 84.3 cm³/mol. The molecule has 3 nitrogen and oxygen atoms in total. The zero-order valence-electron chi connectivity index (χ0n) is 12.0. The van der Waals surface area contributed by atoms with Crippen molar-refractivity contribution in [3.63, 3.8) is 0 Å². The first-order valence-corrected chi connectivity index (χ1v) is 7.48. The second-order valence-electron chi connectivity index (χ2n) is 5.79. The van der Waals surface area contributed by atoms with Gasteiger partial charge in [-0.3, -0.25) is 0 Å². The third kappa shape index (κ3) is 2.51. The molecule has 1 aromatic heterocycles. The van der Waals surface area contributed by atoms with Crippen LogP contribution in [-0.4, -0.2) is 4.98 Å². The minimum atomic E-state index is 0.386. The molecule has 1 aliphatic rings. The Hall–Kier alpha value is -2.29. The van der Waals surface area contributed by atoms with Gasteiger partial charge >= 0.3 is 0 Å². The number of hydrogen-bond donors (Lipinski definition) is 1. The fraction of sp³-hybridized carbons (Fsp3) is 0.278. The van der Waals surface area contributed by atoms with Crippen LogP contribution in [0.2, 0.25) is 0 Å². The predicted octanol–water partition coefficient (Wildman–Crippen LogP) is 4.70. The van der Waals surface area contributed by atoms with Gasteiger partial charge in [0.05, 0.1) is 6.04 Å². The molecule has 1 atom stereocenters. The van der Waals surface area contributed by atoms with Crippen LogP contribution in [0.25, 0.3) is 11.1 Å². The van der Waals surface area contributed by atoms with E-state index in [1.807, 2.05) is 13.0 Å². The van der Waals surface area contributed by atoms with Crippen LogP contribution in [-0.2, 0) is 0 Å². The highest BCUT2D eigenvalue weighted by atomic mass is 16.3. The van der Waals surface area contributed by atoms with Crippen LogP contribution in [0.1, 0.15) is 30.3 Å². The first kappa shape index (κ1) is 12.5. The molecule has 0 aliphatic heterocycles. The van der Waals surface area contributed by atoms with Crippen LogP contribution in [0.15, 0.2) is 52.9 Å². The number of hydrogen-bond acceptors (Lipinski definition) is 3. The summed E-state index contributed by atoms with van der Waals surface area (Å²) in [6.45, 7) is 1.88. The van der Waals surface area contributed by atoms with Crippen molar-refractivity contribution in [1.82, 2.24) is 4.98 Å². The molecule has 0 spiro atoms.